The van der Waals surface area contributed by atoms with Gasteiger partial charge in [-0.25, -0.2) is 14.4 Å². The maximum Gasteiger partial charge on any atom is 0.130 e. The largest absolute Gasteiger partial charge is 0.383 e. The van der Waals surface area contributed by atoms with Crippen LogP contribution in [0.25, 0.3) is 11.3 Å². The molecular formula is C14H16FN3. The summed E-state index contributed by atoms with van der Waals surface area (Å²) in [5.41, 5.74) is 8.80. The molecule has 3 nitrogen and oxygen atoms in total. The van der Waals surface area contributed by atoms with Crippen molar-refractivity contribution in [1.29, 1.82) is 0 Å². The number of nitrogens with zero attached hydrogens (tertiary/aromatic N) is 2. The van der Waals surface area contributed by atoms with Crippen LogP contribution < -0.4 is 5.73 Å². The molecule has 18 heavy (non-hydrogen) atoms. The first-order valence-electron chi connectivity index (χ1n) is 5.87. The zero-order chi connectivity index (χ0) is 13.3. The van der Waals surface area contributed by atoms with Crippen LogP contribution in [0.15, 0.2) is 24.5 Å². The van der Waals surface area contributed by atoms with Gasteiger partial charge in [0.2, 0.25) is 0 Å². The number of benzene rings is 1. The van der Waals surface area contributed by atoms with E-state index in [1.54, 1.807) is 13.0 Å². The van der Waals surface area contributed by atoms with Gasteiger partial charge in [-0.1, -0.05) is 26.0 Å². The predicted molar refractivity (Wildman–Crippen MR) is 70.7 cm³/mol. The number of aryl methyl sites for hydroxylation is 1. The van der Waals surface area contributed by atoms with Gasteiger partial charge in [0.25, 0.3) is 0 Å². The minimum absolute atomic E-state index is 0.186. The highest BCUT2D eigenvalue weighted by atomic mass is 19.1. The van der Waals surface area contributed by atoms with Gasteiger partial charge in [-0.15, -0.1) is 0 Å². The smallest absolute Gasteiger partial charge is 0.130 e. The van der Waals surface area contributed by atoms with E-state index in [-0.39, 0.29) is 11.7 Å². The van der Waals surface area contributed by atoms with Crippen molar-refractivity contribution in [2.75, 3.05) is 5.73 Å². The number of nitrogens with two attached hydrogens (primary N) is 1. The van der Waals surface area contributed by atoms with E-state index in [1.165, 1.54) is 12.4 Å². The highest BCUT2D eigenvalue weighted by molar-refractivity contribution is 5.68. The van der Waals surface area contributed by atoms with Crippen molar-refractivity contribution in [1.82, 2.24) is 9.97 Å². The van der Waals surface area contributed by atoms with Crippen LogP contribution in [0.1, 0.15) is 30.9 Å². The standard InChI is InChI=1S/C14H16FN3/c1-8(2)12-13(17-7-18-14(12)16)10-5-4-9(3)11(15)6-10/h4-8H,1-3H3,(H2,16,17,18). The van der Waals surface area contributed by atoms with Gasteiger partial charge in [0.05, 0.1) is 5.69 Å². The number of halogens is 1. The van der Waals surface area contributed by atoms with Crippen molar-refractivity contribution in [2.24, 2.45) is 0 Å². The van der Waals surface area contributed by atoms with Gasteiger partial charge in [0.1, 0.15) is 18.0 Å². The van der Waals surface area contributed by atoms with Crippen LogP contribution in [-0.2, 0) is 0 Å². The lowest BCUT2D eigenvalue weighted by molar-refractivity contribution is 0.619. The second-order valence-corrected chi connectivity index (χ2v) is 4.64. The molecule has 1 aromatic heterocycles. The van der Waals surface area contributed by atoms with Crippen LogP contribution >= 0.6 is 0 Å². The van der Waals surface area contributed by atoms with E-state index < -0.39 is 0 Å². The molecule has 0 spiro atoms. The van der Waals surface area contributed by atoms with Crippen molar-refractivity contribution in [2.45, 2.75) is 26.7 Å². The fourth-order valence-electron chi connectivity index (χ4n) is 1.95. The summed E-state index contributed by atoms with van der Waals surface area (Å²) < 4.78 is 13.6. The molecule has 2 aromatic rings. The monoisotopic (exact) mass is 245 g/mol. The van der Waals surface area contributed by atoms with Crippen molar-refractivity contribution in [3.63, 3.8) is 0 Å². The first kappa shape index (κ1) is 12.5. The summed E-state index contributed by atoms with van der Waals surface area (Å²) in [6.45, 7) is 5.77. The molecule has 0 radical (unpaired) electrons. The molecule has 0 bridgehead atoms. The first-order valence-corrected chi connectivity index (χ1v) is 5.87. The van der Waals surface area contributed by atoms with Crippen LogP contribution in [0, 0.1) is 12.7 Å². The second kappa shape index (κ2) is 4.72. The first-order chi connectivity index (χ1) is 8.50. The third kappa shape index (κ3) is 2.18. The Morgan fingerprint density at radius 3 is 2.56 bits per heavy atom. The van der Waals surface area contributed by atoms with E-state index in [4.69, 9.17) is 5.73 Å². The van der Waals surface area contributed by atoms with Crippen LogP contribution in [0.3, 0.4) is 0 Å². The molecular weight excluding hydrogens is 229 g/mol. The summed E-state index contributed by atoms with van der Waals surface area (Å²) >= 11 is 0. The third-order valence-electron chi connectivity index (χ3n) is 2.94. The number of hydrogen-bond donors (Lipinski definition) is 1. The Balaban J connectivity index is 2.63. The molecule has 94 valence electrons. The number of nitrogen functional groups attached to an aromatic ring is 1. The second-order valence-electron chi connectivity index (χ2n) is 4.64. The molecule has 0 saturated carbocycles. The molecule has 0 amide bonds. The fraction of sp³-hybridized carbons (Fsp3) is 0.286. The van der Waals surface area contributed by atoms with Crippen LogP contribution in [0.2, 0.25) is 0 Å². The van der Waals surface area contributed by atoms with Crippen LogP contribution in [0.4, 0.5) is 10.2 Å². The summed E-state index contributed by atoms with van der Waals surface area (Å²) in [4.78, 5) is 8.24. The molecule has 0 aliphatic heterocycles. The summed E-state index contributed by atoms with van der Waals surface area (Å²) in [6, 6.07) is 5.09. The van der Waals surface area contributed by atoms with Crippen molar-refractivity contribution in [3.8, 4) is 11.3 Å². The lowest BCUT2D eigenvalue weighted by Gasteiger charge is -2.13. The minimum atomic E-state index is -0.237. The molecule has 1 aromatic carbocycles. The van der Waals surface area contributed by atoms with Gasteiger partial charge in [0, 0.05) is 11.1 Å². The molecule has 0 aliphatic rings. The average molecular weight is 245 g/mol. The highest BCUT2D eigenvalue weighted by Gasteiger charge is 2.15. The zero-order valence-electron chi connectivity index (χ0n) is 10.7. The lowest BCUT2D eigenvalue weighted by Crippen LogP contribution is -2.04. The Bertz CT molecular complexity index is 579. The molecule has 0 atom stereocenters. The lowest BCUT2D eigenvalue weighted by atomic mass is 9.97. The Kier molecular flexibility index (Phi) is 3.28. The van der Waals surface area contributed by atoms with E-state index in [9.17, 15) is 4.39 Å². The maximum atomic E-state index is 13.6. The maximum absolute atomic E-state index is 13.6. The summed E-state index contributed by atoms with van der Waals surface area (Å²) in [5.74, 6) is 0.404. The van der Waals surface area contributed by atoms with Gasteiger partial charge < -0.3 is 5.73 Å². The predicted octanol–water partition coefficient (Wildman–Crippen LogP) is 3.30. The average Bonchev–Trinajstić information content (AvgIpc) is 2.32. The summed E-state index contributed by atoms with van der Waals surface area (Å²) in [6.07, 6.45) is 1.41. The molecule has 2 N–H and O–H groups in total. The Labute approximate surface area is 106 Å². The summed E-state index contributed by atoms with van der Waals surface area (Å²) in [7, 11) is 0. The highest BCUT2D eigenvalue weighted by Crippen LogP contribution is 2.30. The Morgan fingerprint density at radius 1 is 1.22 bits per heavy atom. The van der Waals surface area contributed by atoms with Gasteiger partial charge in [-0.2, -0.15) is 0 Å². The van der Waals surface area contributed by atoms with Gasteiger partial charge in [-0.05, 0) is 24.5 Å². The van der Waals surface area contributed by atoms with Crippen molar-refractivity contribution < 1.29 is 4.39 Å². The quantitative estimate of drug-likeness (QED) is 0.883. The number of aromatic nitrogens is 2. The van der Waals surface area contributed by atoms with Crippen molar-refractivity contribution >= 4 is 5.82 Å². The molecule has 0 aliphatic carbocycles. The Hall–Kier alpha value is -1.97. The van der Waals surface area contributed by atoms with E-state index in [0.717, 1.165) is 11.1 Å². The van der Waals surface area contributed by atoms with Crippen LogP contribution in [0.5, 0.6) is 0 Å². The summed E-state index contributed by atoms with van der Waals surface area (Å²) in [5, 5.41) is 0. The normalized spacial score (nSPS) is 10.9. The Morgan fingerprint density at radius 2 is 1.94 bits per heavy atom. The topological polar surface area (TPSA) is 51.8 Å². The molecule has 2 rings (SSSR count). The molecule has 0 fully saturated rings. The van der Waals surface area contributed by atoms with Gasteiger partial charge in [-0.3, -0.25) is 0 Å². The van der Waals surface area contributed by atoms with E-state index in [2.05, 4.69) is 9.97 Å². The van der Waals surface area contributed by atoms with E-state index >= 15 is 0 Å². The zero-order valence-corrected chi connectivity index (χ0v) is 10.7. The van der Waals surface area contributed by atoms with Gasteiger partial charge >= 0.3 is 0 Å². The minimum Gasteiger partial charge on any atom is -0.383 e. The molecule has 1 heterocycles. The van der Waals surface area contributed by atoms with Crippen molar-refractivity contribution in [3.05, 3.63) is 41.5 Å². The number of hydrogen-bond acceptors (Lipinski definition) is 3. The van der Waals surface area contributed by atoms with E-state index in [0.29, 0.717) is 17.1 Å². The number of anilines is 1. The SMILES string of the molecule is Cc1ccc(-c2ncnc(N)c2C(C)C)cc1F. The third-order valence-corrected chi connectivity index (χ3v) is 2.94. The molecule has 0 saturated heterocycles. The fourth-order valence-corrected chi connectivity index (χ4v) is 1.95. The van der Waals surface area contributed by atoms with Crippen LogP contribution in [-0.4, -0.2) is 9.97 Å². The van der Waals surface area contributed by atoms with Gasteiger partial charge in [0.15, 0.2) is 0 Å². The molecule has 4 heteroatoms. The van der Waals surface area contributed by atoms with E-state index in [1.807, 2.05) is 19.9 Å². The molecule has 0 unspecified atom stereocenters. The number of rotatable bonds is 2.